The van der Waals surface area contributed by atoms with Crippen molar-refractivity contribution < 1.29 is 8.42 Å². The molecule has 0 amide bonds. The van der Waals surface area contributed by atoms with E-state index in [0.717, 1.165) is 38.9 Å². The second kappa shape index (κ2) is 7.35. The number of hydrogen-bond donors (Lipinski definition) is 1. The Hall–Kier alpha value is -0.950. The number of fused-ring (bicyclic) bond motifs is 1. The summed E-state index contributed by atoms with van der Waals surface area (Å²) in [6.45, 7) is 3.64. The van der Waals surface area contributed by atoms with Crippen LogP contribution in [0, 0.1) is 0 Å². The SMILES string of the molecule is CN(C)S(=O)(=O)NCCCCN1CCc2ccccc2C1. The summed E-state index contributed by atoms with van der Waals surface area (Å²) in [4.78, 5) is 2.45. The summed E-state index contributed by atoms with van der Waals surface area (Å²) in [5.41, 5.74) is 2.89. The highest BCUT2D eigenvalue weighted by atomic mass is 32.2. The highest BCUT2D eigenvalue weighted by molar-refractivity contribution is 7.87. The predicted molar refractivity (Wildman–Crippen MR) is 85.3 cm³/mol. The number of hydrogen-bond acceptors (Lipinski definition) is 3. The van der Waals surface area contributed by atoms with Crippen LogP contribution in [0.5, 0.6) is 0 Å². The molecule has 0 aliphatic carbocycles. The van der Waals surface area contributed by atoms with Gasteiger partial charge in [-0.05, 0) is 36.9 Å². The van der Waals surface area contributed by atoms with Crippen molar-refractivity contribution in [3.8, 4) is 0 Å². The Labute approximate surface area is 128 Å². The van der Waals surface area contributed by atoms with E-state index in [0.29, 0.717) is 6.54 Å². The number of nitrogens with zero attached hydrogens (tertiary/aromatic N) is 2. The number of rotatable bonds is 7. The third-order valence-corrected chi connectivity index (χ3v) is 5.41. The zero-order valence-electron chi connectivity index (χ0n) is 12.9. The van der Waals surface area contributed by atoms with Crippen LogP contribution in [0.1, 0.15) is 24.0 Å². The van der Waals surface area contributed by atoms with E-state index in [1.165, 1.54) is 29.5 Å². The van der Waals surface area contributed by atoms with Crippen molar-refractivity contribution in [3.63, 3.8) is 0 Å². The number of unbranched alkanes of at least 4 members (excludes halogenated alkanes) is 1. The van der Waals surface area contributed by atoms with Gasteiger partial charge >= 0.3 is 0 Å². The molecule has 0 radical (unpaired) electrons. The van der Waals surface area contributed by atoms with E-state index in [2.05, 4.69) is 33.9 Å². The average Bonchev–Trinajstić information content (AvgIpc) is 2.46. The molecule has 1 N–H and O–H groups in total. The lowest BCUT2D eigenvalue weighted by Crippen LogP contribution is -2.36. The molecule has 5 nitrogen and oxygen atoms in total. The van der Waals surface area contributed by atoms with Gasteiger partial charge in [0.25, 0.3) is 10.2 Å². The molecule has 2 rings (SSSR count). The molecular formula is C15H25N3O2S. The van der Waals surface area contributed by atoms with Crippen LogP contribution in [0.15, 0.2) is 24.3 Å². The smallest absolute Gasteiger partial charge is 0.278 e. The molecule has 0 aromatic heterocycles. The molecule has 1 aromatic rings. The highest BCUT2D eigenvalue weighted by Gasteiger charge is 2.15. The van der Waals surface area contributed by atoms with Crippen LogP contribution < -0.4 is 4.72 Å². The summed E-state index contributed by atoms with van der Waals surface area (Å²) in [5, 5.41) is 0. The minimum absolute atomic E-state index is 0.505. The third-order valence-electron chi connectivity index (χ3n) is 3.88. The van der Waals surface area contributed by atoms with Gasteiger partial charge in [0.05, 0.1) is 0 Å². The summed E-state index contributed by atoms with van der Waals surface area (Å²) in [6.07, 6.45) is 2.99. The fourth-order valence-corrected chi connectivity index (χ4v) is 3.20. The zero-order chi connectivity index (χ0) is 15.3. The van der Waals surface area contributed by atoms with Gasteiger partial charge in [0, 0.05) is 33.7 Å². The van der Waals surface area contributed by atoms with Crippen LogP contribution in [0.4, 0.5) is 0 Å². The minimum Gasteiger partial charge on any atom is -0.299 e. The molecule has 0 fully saturated rings. The van der Waals surface area contributed by atoms with E-state index >= 15 is 0 Å². The molecule has 0 spiro atoms. The van der Waals surface area contributed by atoms with Crippen LogP contribution in [-0.4, -0.2) is 51.4 Å². The maximum atomic E-state index is 11.5. The lowest BCUT2D eigenvalue weighted by atomic mass is 10.00. The van der Waals surface area contributed by atoms with Gasteiger partial charge in [0.1, 0.15) is 0 Å². The molecule has 0 saturated carbocycles. The monoisotopic (exact) mass is 311 g/mol. The molecule has 118 valence electrons. The molecular weight excluding hydrogens is 286 g/mol. The van der Waals surface area contributed by atoms with Crippen molar-refractivity contribution in [3.05, 3.63) is 35.4 Å². The Balaban J connectivity index is 1.67. The van der Waals surface area contributed by atoms with Gasteiger partial charge in [-0.3, -0.25) is 4.90 Å². The number of benzene rings is 1. The molecule has 1 heterocycles. The van der Waals surface area contributed by atoms with E-state index in [-0.39, 0.29) is 0 Å². The first-order valence-corrected chi connectivity index (χ1v) is 8.89. The first-order valence-electron chi connectivity index (χ1n) is 7.45. The van der Waals surface area contributed by atoms with Gasteiger partial charge in [-0.15, -0.1) is 0 Å². The molecule has 0 atom stereocenters. The fraction of sp³-hybridized carbons (Fsp3) is 0.600. The summed E-state index contributed by atoms with van der Waals surface area (Å²) >= 11 is 0. The van der Waals surface area contributed by atoms with Crippen molar-refractivity contribution in [2.45, 2.75) is 25.8 Å². The van der Waals surface area contributed by atoms with Crippen molar-refractivity contribution >= 4 is 10.2 Å². The molecule has 1 aromatic carbocycles. The van der Waals surface area contributed by atoms with Crippen LogP contribution >= 0.6 is 0 Å². The second-order valence-corrected chi connectivity index (χ2v) is 7.65. The van der Waals surface area contributed by atoms with Crippen molar-refractivity contribution in [2.75, 3.05) is 33.7 Å². The highest BCUT2D eigenvalue weighted by Crippen LogP contribution is 2.18. The van der Waals surface area contributed by atoms with Gasteiger partial charge in [0.2, 0.25) is 0 Å². The molecule has 1 aliphatic heterocycles. The molecule has 6 heteroatoms. The van der Waals surface area contributed by atoms with E-state index < -0.39 is 10.2 Å². The molecule has 0 bridgehead atoms. The fourth-order valence-electron chi connectivity index (χ4n) is 2.54. The Bertz CT molecular complexity index is 558. The topological polar surface area (TPSA) is 52.7 Å². The standard InChI is InChI=1S/C15H25N3O2S/c1-17(2)21(19,20)16-10-5-6-11-18-12-9-14-7-3-4-8-15(14)13-18/h3-4,7-8,16H,5-6,9-13H2,1-2H3. The molecule has 0 saturated heterocycles. The van der Waals surface area contributed by atoms with Gasteiger partial charge in [-0.2, -0.15) is 12.7 Å². The van der Waals surface area contributed by atoms with Crippen LogP contribution in [0.25, 0.3) is 0 Å². The summed E-state index contributed by atoms with van der Waals surface area (Å²) in [5.74, 6) is 0. The predicted octanol–water partition coefficient (Wildman–Crippen LogP) is 1.22. The summed E-state index contributed by atoms with van der Waals surface area (Å²) in [7, 11) is -0.203. The zero-order valence-corrected chi connectivity index (χ0v) is 13.7. The maximum Gasteiger partial charge on any atom is 0.278 e. The normalized spacial score (nSPS) is 16.1. The van der Waals surface area contributed by atoms with E-state index in [9.17, 15) is 8.42 Å². The summed E-state index contributed by atoms with van der Waals surface area (Å²) in [6, 6.07) is 8.61. The Morgan fingerprint density at radius 2 is 1.90 bits per heavy atom. The van der Waals surface area contributed by atoms with Crippen molar-refractivity contribution in [1.29, 1.82) is 0 Å². The third kappa shape index (κ3) is 4.78. The maximum absolute atomic E-state index is 11.5. The quantitative estimate of drug-likeness (QED) is 0.771. The average molecular weight is 311 g/mol. The van der Waals surface area contributed by atoms with Crippen molar-refractivity contribution in [2.24, 2.45) is 0 Å². The van der Waals surface area contributed by atoms with E-state index in [1.54, 1.807) is 0 Å². The van der Waals surface area contributed by atoms with Gasteiger partial charge in [-0.1, -0.05) is 24.3 Å². The Morgan fingerprint density at radius 3 is 2.62 bits per heavy atom. The molecule has 1 aliphatic rings. The largest absolute Gasteiger partial charge is 0.299 e. The van der Waals surface area contributed by atoms with Crippen LogP contribution in [0.2, 0.25) is 0 Å². The Kier molecular flexibility index (Phi) is 5.75. The first kappa shape index (κ1) is 16.4. The molecule has 0 unspecified atom stereocenters. The van der Waals surface area contributed by atoms with Crippen molar-refractivity contribution in [1.82, 2.24) is 13.9 Å². The van der Waals surface area contributed by atoms with E-state index in [1.807, 2.05) is 0 Å². The minimum atomic E-state index is -3.27. The Morgan fingerprint density at radius 1 is 1.19 bits per heavy atom. The lowest BCUT2D eigenvalue weighted by Gasteiger charge is -2.28. The van der Waals surface area contributed by atoms with Gasteiger partial charge in [-0.25, -0.2) is 4.72 Å². The summed E-state index contributed by atoms with van der Waals surface area (Å²) < 4.78 is 26.9. The second-order valence-electron chi connectivity index (χ2n) is 5.68. The first-order chi connectivity index (χ1) is 9.99. The van der Waals surface area contributed by atoms with Crippen LogP contribution in [0.3, 0.4) is 0 Å². The lowest BCUT2D eigenvalue weighted by molar-refractivity contribution is 0.249. The van der Waals surface area contributed by atoms with Crippen LogP contribution in [-0.2, 0) is 23.2 Å². The number of nitrogens with one attached hydrogen (secondary N) is 1. The molecule has 21 heavy (non-hydrogen) atoms. The van der Waals surface area contributed by atoms with Gasteiger partial charge in [0.15, 0.2) is 0 Å². The van der Waals surface area contributed by atoms with Gasteiger partial charge < -0.3 is 0 Å². The van der Waals surface area contributed by atoms with E-state index in [4.69, 9.17) is 0 Å².